The standard InChI is InChI=1S/C30H37N3O6S/c1-5-19-31-30(35)23(2)32(20-24-11-15-27(38-3)16-12-24)29(34)21-33(40(4,36)37)26-13-17-28(18-14-26)39-22-25-9-7-6-8-10-25/h6-18,23H,5,19-22H2,1-4H3,(H,31,35)/t23-/m0/s1. The molecule has 214 valence electrons. The van der Waals surface area contributed by atoms with E-state index in [2.05, 4.69) is 5.32 Å². The fourth-order valence-corrected chi connectivity index (χ4v) is 4.82. The van der Waals surface area contributed by atoms with Crippen LogP contribution in [0.3, 0.4) is 0 Å². The van der Waals surface area contributed by atoms with Gasteiger partial charge >= 0.3 is 0 Å². The first-order valence-electron chi connectivity index (χ1n) is 13.1. The van der Waals surface area contributed by atoms with E-state index in [9.17, 15) is 18.0 Å². The van der Waals surface area contributed by atoms with Crippen LogP contribution in [0.2, 0.25) is 0 Å². The van der Waals surface area contributed by atoms with Gasteiger partial charge in [-0.1, -0.05) is 49.4 Å². The smallest absolute Gasteiger partial charge is 0.244 e. The van der Waals surface area contributed by atoms with E-state index in [-0.39, 0.29) is 12.5 Å². The second-order valence-electron chi connectivity index (χ2n) is 9.37. The van der Waals surface area contributed by atoms with Crippen LogP contribution in [0.25, 0.3) is 0 Å². The van der Waals surface area contributed by atoms with Gasteiger partial charge in [0, 0.05) is 13.1 Å². The zero-order valence-electron chi connectivity index (χ0n) is 23.4. The maximum atomic E-state index is 13.6. The molecule has 3 aromatic carbocycles. The Morgan fingerprint density at radius 3 is 2.10 bits per heavy atom. The molecule has 1 atom stereocenters. The molecule has 10 heteroatoms. The number of ether oxygens (including phenoxy) is 2. The van der Waals surface area contributed by atoms with Crippen molar-refractivity contribution in [3.05, 3.63) is 90.0 Å². The molecule has 0 unspecified atom stereocenters. The number of amides is 2. The molecule has 0 radical (unpaired) electrons. The second-order valence-corrected chi connectivity index (χ2v) is 11.3. The summed E-state index contributed by atoms with van der Waals surface area (Å²) in [6, 6.07) is 22.5. The molecule has 40 heavy (non-hydrogen) atoms. The number of rotatable bonds is 14. The van der Waals surface area contributed by atoms with Crippen LogP contribution in [0, 0.1) is 0 Å². The highest BCUT2D eigenvalue weighted by molar-refractivity contribution is 7.92. The largest absolute Gasteiger partial charge is 0.497 e. The van der Waals surface area contributed by atoms with Gasteiger partial charge in [0.25, 0.3) is 0 Å². The van der Waals surface area contributed by atoms with Gasteiger partial charge in [-0.3, -0.25) is 13.9 Å². The summed E-state index contributed by atoms with van der Waals surface area (Å²) in [5.74, 6) is 0.406. The molecule has 0 saturated heterocycles. The molecule has 0 aliphatic heterocycles. The van der Waals surface area contributed by atoms with Crippen LogP contribution in [-0.4, -0.2) is 57.6 Å². The van der Waals surface area contributed by atoms with Gasteiger partial charge in [-0.25, -0.2) is 8.42 Å². The first-order chi connectivity index (χ1) is 19.1. The fraction of sp³-hybridized carbons (Fsp3) is 0.333. The molecule has 0 aliphatic carbocycles. The predicted molar refractivity (Wildman–Crippen MR) is 156 cm³/mol. The van der Waals surface area contributed by atoms with Gasteiger partial charge < -0.3 is 19.7 Å². The molecule has 0 heterocycles. The minimum Gasteiger partial charge on any atom is -0.497 e. The molecule has 0 aliphatic rings. The molecule has 1 N–H and O–H groups in total. The van der Waals surface area contributed by atoms with Crippen molar-refractivity contribution in [3.63, 3.8) is 0 Å². The average molecular weight is 568 g/mol. The molecule has 0 aromatic heterocycles. The summed E-state index contributed by atoms with van der Waals surface area (Å²) < 4.78 is 37.6. The van der Waals surface area contributed by atoms with E-state index in [1.165, 1.54) is 4.90 Å². The Kier molecular flexibility index (Phi) is 11.0. The van der Waals surface area contributed by atoms with Crippen molar-refractivity contribution in [2.75, 3.05) is 30.8 Å². The average Bonchev–Trinajstić information content (AvgIpc) is 2.96. The van der Waals surface area contributed by atoms with Crippen molar-refractivity contribution in [1.82, 2.24) is 10.2 Å². The maximum Gasteiger partial charge on any atom is 0.244 e. The highest BCUT2D eigenvalue weighted by atomic mass is 32.2. The number of hydrogen-bond donors (Lipinski definition) is 1. The van der Waals surface area contributed by atoms with Crippen LogP contribution in [0.5, 0.6) is 11.5 Å². The summed E-state index contributed by atoms with van der Waals surface area (Å²) in [5, 5.41) is 2.82. The molecule has 3 rings (SSSR count). The second kappa shape index (κ2) is 14.4. The fourth-order valence-electron chi connectivity index (χ4n) is 3.97. The van der Waals surface area contributed by atoms with Crippen molar-refractivity contribution in [1.29, 1.82) is 0 Å². The number of benzene rings is 3. The van der Waals surface area contributed by atoms with Crippen molar-refractivity contribution in [2.24, 2.45) is 0 Å². The lowest BCUT2D eigenvalue weighted by Gasteiger charge is -2.31. The number of carbonyl (C=O) groups excluding carboxylic acids is 2. The van der Waals surface area contributed by atoms with E-state index in [1.54, 1.807) is 62.6 Å². The lowest BCUT2D eigenvalue weighted by molar-refractivity contribution is -0.139. The van der Waals surface area contributed by atoms with Gasteiger partial charge in [0.15, 0.2) is 0 Å². The Hall–Kier alpha value is -4.05. The Labute approximate surface area is 236 Å². The highest BCUT2D eigenvalue weighted by Gasteiger charge is 2.30. The van der Waals surface area contributed by atoms with E-state index in [0.717, 1.165) is 28.1 Å². The Balaban J connectivity index is 1.81. The zero-order chi connectivity index (χ0) is 29.1. The van der Waals surface area contributed by atoms with E-state index < -0.39 is 28.5 Å². The number of hydrogen-bond acceptors (Lipinski definition) is 6. The molecular weight excluding hydrogens is 530 g/mol. The van der Waals surface area contributed by atoms with E-state index in [1.807, 2.05) is 37.3 Å². The van der Waals surface area contributed by atoms with Gasteiger partial charge in [0.2, 0.25) is 21.8 Å². The normalized spacial score (nSPS) is 11.8. The van der Waals surface area contributed by atoms with E-state index in [0.29, 0.717) is 30.3 Å². The van der Waals surface area contributed by atoms with E-state index in [4.69, 9.17) is 9.47 Å². The molecule has 0 fully saturated rings. The molecular formula is C30H37N3O6S. The number of methoxy groups -OCH3 is 1. The highest BCUT2D eigenvalue weighted by Crippen LogP contribution is 2.23. The molecule has 9 nitrogen and oxygen atoms in total. The minimum atomic E-state index is -3.83. The molecule has 3 aromatic rings. The third kappa shape index (κ3) is 8.74. The maximum absolute atomic E-state index is 13.6. The van der Waals surface area contributed by atoms with Gasteiger partial charge in [-0.15, -0.1) is 0 Å². The van der Waals surface area contributed by atoms with Crippen molar-refractivity contribution < 1.29 is 27.5 Å². The van der Waals surface area contributed by atoms with Crippen molar-refractivity contribution >= 4 is 27.5 Å². The number of nitrogens with zero attached hydrogens (tertiary/aromatic N) is 2. The van der Waals surface area contributed by atoms with Gasteiger partial charge in [-0.2, -0.15) is 0 Å². The lowest BCUT2D eigenvalue weighted by Crippen LogP contribution is -2.51. The first-order valence-corrected chi connectivity index (χ1v) is 14.9. The van der Waals surface area contributed by atoms with Crippen LogP contribution in [-0.2, 0) is 32.8 Å². The number of sulfonamides is 1. The van der Waals surface area contributed by atoms with Crippen LogP contribution in [0.1, 0.15) is 31.4 Å². The van der Waals surface area contributed by atoms with Crippen LogP contribution >= 0.6 is 0 Å². The molecule has 0 spiro atoms. The Morgan fingerprint density at radius 1 is 0.900 bits per heavy atom. The van der Waals surface area contributed by atoms with Crippen LogP contribution < -0.4 is 19.1 Å². The van der Waals surface area contributed by atoms with Crippen LogP contribution in [0.4, 0.5) is 5.69 Å². The summed E-state index contributed by atoms with van der Waals surface area (Å²) in [7, 11) is -2.27. The molecule has 0 bridgehead atoms. The van der Waals surface area contributed by atoms with Gasteiger partial charge in [0.05, 0.1) is 19.1 Å². The zero-order valence-corrected chi connectivity index (χ0v) is 24.2. The predicted octanol–water partition coefficient (Wildman–Crippen LogP) is 3.98. The van der Waals surface area contributed by atoms with Crippen LogP contribution in [0.15, 0.2) is 78.9 Å². The third-order valence-corrected chi connectivity index (χ3v) is 7.42. The lowest BCUT2D eigenvalue weighted by atomic mass is 10.1. The van der Waals surface area contributed by atoms with Crippen molar-refractivity contribution in [3.8, 4) is 11.5 Å². The summed E-state index contributed by atoms with van der Waals surface area (Å²) in [6.45, 7) is 4.07. The number of nitrogens with one attached hydrogen (secondary N) is 1. The monoisotopic (exact) mass is 567 g/mol. The minimum absolute atomic E-state index is 0.118. The Bertz CT molecular complexity index is 1350. The summed E-state index contributed by atoms with van der Waals surface area (Å²) in [6.07, 6.45) is 1.79. The van der Waals surface area contributed by atoms with Crippen molar-refractivity contribution in [2.45, 2.75) is 39.5 Å². The Morgan fingerprint density at radius 2 is 1.52 bits per heavy atom. The summed E-state index contributed by atoms with van der Waals surface area (Å²) in [5.41, 5.74) is 2.09. The number of carbonyl (C=O) groups is 2. The van der Waals surface area contributed by atoms with Gasteiger partial charge in [-0.05, 0) is 60.9 Å². The van der Waals surface area contributed by atoms with Gasteiger partial charge in [0.1, 0.15) is 30.7 Å². The quantitative estimate of drug-likeness (QED) is 0.316. The topological polar surface area (TPSA) is 105 Å². The first kappa shape index (κ1) is 30.5. The molecule has 0 saturated carbocycles. The SMILES string of the molecule is CCCNC(=O)[C@H](C)N(Cc1ccc(OC)cc1)C(=O)CN(c1ccc(OCc2ccccc2)cc1)S(C)(=O)=O. The van der Waals surface area contributed by atoms with E-state index >= 15 is 0 Å². The molecule has 2 amide bonds. The summed E-state index contributed by atoms with van der Waals surface area (Å²) in [4.78, 5) is 27.9. The summed E-state index contributed by atoms with van der Waals surface area (Å²) >= 11 is 0. The third-order valence-electron chi connectivity index (χ3n) is 6.28. The number of anilines is 1.